The van der Waals surface area contributed by atoms with Gasteiger partial charge in [-0.05, 0) is 23.3 Å². The molecule has 2 aliphatic heterocycles. The summed E-state index contributed by atoms with van der Waals surface area (Å²) >= 11 is 0. The van der Waals surface area contributed by atoms with Crippen LogP contribution >= 0.6 is 0 Å². The third-order valence-electron chi connectivity index (χ3n) is 6.38. The van der Waals surface area contributed by atoms with Crippen LogP contribution in [0.5, 0.6) is 0 Å². The van der Waals surface area contributed by atoms with Gasteiger partial charge < -0.3 is 15.0 Å². The average molecular weight is 464 g/mol. The number of nitrogens with one attached hydrogen (secondary N) is 1. The standard InChI is InChI=1S/C29H25N3O3/c1-2-17-30-25(33)20-32-19-23-15-9-10-16-24(23)26-29(28(32)34,18-21-11-5-3-6-12-21)31-27(35-26)22-13-7-4-8-14-22/h1,3-16,26H,17-20H2,(H,30,33)/t26-,29-/m0/s1. The van der Waals surface area contributed by atoms with Gasteiger partial charge in [0.05, 0.1) is 13.1 Å². The molecular formula is C29H25N3O3. The zero-order valence-electron chi connectivity index (χ0n) is 19.2. The topological polar surface area (TPSA) is 71.0 Å². The molecule has 3 aromatic carbocycles. The van der Waals surface area contributed by atoms with E-state index >= 15 is 0 Å². The van der Waals surface area contributed by atoms with E-state index in [2.05, 4.69) is 11.2 Å². The van der Waals surface area contributed by atoms with Crippen LogP contribution in [0.25, 0.3) is 0 Å². The minimum atomic E-state index is -1.26. The van der Waals surface area contributed by atoms with E-state index in [9.17, 15) is 9.59 Å². The quantitative estimate of drug-likeness (QED) is 0.571. The molecule has 0 saturated carbocycles. The van der Waals surface area contributed by atoms with Gasteiger partial charge in [0.1, 0.15) is 0 Å². The molecule has 6 nitrogen and oxygen atoms in total. The molecule has 5 rings (SSSR count). The maximum atomic E-state index is 14.3. The highest BCUT2D eigenvalue weighted by molar-refractivity contribution is 6.02. The second-order valence-corrected chi connectivity index (χ2v) is 8.71. The summed E-state index contributed by atoms with van der Waals surface area (Å²) in [6.07, 6.45) is 5.01. The van der Waals surface area contributed by atoms with Crippen molar-refractivity contribution in [1.29, 1.82) is 0 Å². The van der Waals surface area contributed by atoms with Crippen LogP contribution in [0.2, 0.25) is 0 Å². The number of aliphatic imine (C=N–C) groups is 1. The van der Waals surface area contributed by atoms with Crippen molar-refractivity contribution < 1.29 is 14.3 Å². The molecule has 1 N–H and O–H groups in total. The number of hydrogen-bond acceptors (Lipinski definition) is 4. The minimum absolute atomic E-state index is 0.106. The summed E-state index contributed by atoms with van der Waals surface area (Å²) in [7, 11) is 0. The van der Waals surface area contributed by atoms with Crippen LogP contribution in [0.15, 0.2) is 89.9 Å². The van der Waals surface area contributed by atoms with Crippen molar-refractivity contribution in [3.05, 3.63) is 107 Å². The number of rotatable bonds is 6. The summed E-state index contributed by atoms with van der Waals surface area (Å²) in [5.74, 6) is 2.27. The number of carbonyl (C=O) groups is 2. The van der Waals surface area contributed by atoms with Crippen molar-refractivity contribution in [2.24, 2.45) is 4.99 Å². The molecule has 0 saturated heterocycles. The van der Waals surface area contributed by atoms with Gasteiger partial charge in [0.25, 0.3) is 5.91 Å². The number of fused-ring (bicyclic) bond motifs is 3. The summed E-state index contributed by atoms with van der Waals surface area (Å²) in [5, 5.41) is 2.67. The van der Waals surface area contributed by atoms with Gasteiger partial charge in [0, 0.05) is 24.1 Å². The van der Waals surface area contributed by atoms with E-state index < -0.39 is 11.6 Å². The zero-order valence-corrected chi connectivity index (χ0v) is 19.2. The molecule has 0 radical (unpaired) electrons. The molecule has 0 aliphatic carbocycles. The number of hydrogen-bond donors (Lipinski definition) is 1. The van der Waals surface area contributed by atoms with Gasteiger partial charge in [-0.1, -0.05) is 78.7 Å². The monoisotopic (exact) mass is 463 g/mol. The highest BCUT2D eigenvalue weighted by Crippen LogP contribution is 2.46. The second-order valence-electron chi connectivity index (χ2n) is 8.71. The fraction of sp³-hybridized carbons (Fsp3) is 0.207. The summed E-state index contributed by atoms with van der Waals surface area (Å²) in [5.41, 5.74) is 2.33. The number of nitrogens with zero attached hydrogens (tertiary/aromatic N) is 2. The summed E-state index contributed by atoms with van der Waals surface area (Å²) in [6.45, 7) is 0.272. The lowest BCUT2D eigenvalue weighted by molar-refractivity contribution is -0.142. The lowest BCUT2D eigenvalue weighted by atomic mass is 9.81. The van der Waals surface area contributed by atoms with Gasteiger partial charge in [-0.15, -0.1) is 6.42 Å². The van der Waals surface area contributed by atoms with Crippen LogP contribution < -0.4 is 5.32 Å². The molecule has 174 valence electrons. The van der Waals surface area contributed by atoms with Crippen LogP contribution in [0.3, 0.4) is 0 Å². The van der Waals surface area contributed by atoms with E-state index in [1.54, 1.807) is 4.90 Å². The van der Waals surface area contributed by atoms with Gasteiger partial charge in [-0.2, -0.15) is 0 Å². The molecule has 35 heavy (non-hydrogen) atoms. The van der Waals surface area contributed by atoms with Crippen molar-refractivity contribution in [1.82, 2.24) is 10.2 Å². The predicted octanol–water partition coefficient (Wildman–Crippen LogP) is 3.28. The highest BCUT2D eigenvalue weighted by atomic mass is 16.5. The Labute approximate surface area is 204 Å². The van der Waals surface area contributed by atoms with Gasteiger partial charge in [0.15, 0.2) is 11.6 Å². The van der Waals surface area contributed by atoms with Crippen LogP contribution in [-0.2, 0) is 27.3 Å². The fourth-order valence-corrected chi connectivity index (χ4v) is 4.78. The van der Waals surface area contributed by atoms with Gasteiger partial charge in [0.2, 0.25) is 11.8 Å². The Kier molecular flexibility index (Phi) is 6.07. The molecule has 2 atom stereocenters. The van der Waals surface area contributed by atoms with Gasteiger partial charge in [-0.3, -0.25) is 9.59 Å². The van der Waals surface area contributed by atoms with E-state index in [0.29, 0.717) is 12.3 Å². The maximum absolute atomic E-state index is 14.3. The Bertz CT molecular complexity index is 1310. The number of ether oxygens (including phenoxy) is 1. The zero-order chi connectivity index (χ0) is 24.3. The van der Waals surface area contributed by atoms with Crippen LogP contribution in [-0.4, -0.2) is 41.2 Å². The largest absolute Gasteiger partial charge is 0.466 e. The molecule has 3 aromatic rings. The van der Waals surface area contributed by atoms with Crippen molar-refractivity contribution in [2.75, 3.05) is 13.1 Å². The first-order valence-corrected chi connectivity index (χ1v) is 11.5. The Hall–Kier alpha value is -4.37. The smallest absolute Gasteiger partial charge is 0.256 e. The Balaban J connectivity index is 1.65. The van der Waals surface area contributed by atoms with E-state index in [-0.39, 0.29) is 31.4 Å². The normalized spacial score (nSPS) is 20.5. The second kappa shape index (κ2) is 9.47. The van der Waals surface area contributed by atoms with Crippen LogP contribution in [0.1, 0.15) is 28.4 Å². The first-order chi connectivity index (χ1) is 17.1. The summed E-state index contributed by atoms with van der Waals surface area (Å²) in [4.78, 5) is 33.5. The number of terminal acetylenes is 1. The third-order valence-corrected chi connectivity index (χ3v) is 6.38. The lowest BCUT2D eigenvalue weighted by Gasteiger charge is -2.32. The van der Waals surface area contributed by atoms with E-state index in [1.165, 1.54) is 0 Å². The lowest BCUT2D eigenvalue weighted by Crippen LogP contribution is -2.52. The minimum Gasteiger partial charge on any atom is -0.466 e. The Morgan fingerprint density at radius 3 is 2.49 bits per heavy atom. The fourth-order valence-electron chi connectivity index (χ4n) is 4.78. The Morgan fingerprint density at radius 2 is 1.74 bits per heavy atom. The van der Waals surface area contributed by atoms with Crippen LogP contribution in [0, 0.1) is 12.3 Å². The average Bonchev–Trinajstić information content (AvgIpc) is 3.24. The molecule has 0 aromatic heterocycles. The molecule has 0 bridgehead atoms. The van der Waals surface area contributed by atoms with E-state index in [1.807, 2.05) is 84.9 Å². The van der Waals surface area contributed by atoms with Crippen molar-refractivity contribution in [2.45, 2.75) is 24.6 Å². The summed E-state index contributed by atoms with van der Waals surface area (Å²) in [6, 6.07) is 27.2. The maximum Gasteiger partial charge on any atom is 0.256 e. The molecule has 2 amide bonds. The molecule has 0 spiro atoms. The molecule has 0 unspecified atom stereocenters. The van der Waals surface area contributed by atoms with Gasteiger partial charge in [-0.25, -0.2) is 4.99 Å². The molecule has 2 heterocycles. The summed E-state index contributed by atoms with van der Waals surface area (Å²) < 4.78 is 6.50. The Morgan fingerprint density at radius 1 is 1.06 bits per heavy atom. The van der Waals surface area contributed by atoms with E-state index in [4.69, 9.17) is 16.2 Å². The van der Waals surface area contributed by atoms with Gasteiger partial charge >= 0.3 is 0 Å². The number of amides is 2. The number of benzene rings is 3. The molecule has 0 fully saturated rings. The molecule has 6 heteroatoms. The first-order valence-electron chi connectivity index (χ1n) is 11.5. The van der Waals surface area contributed by atoms with Crippen LogP contribution in [0.4, 0.5) is 0 Å². The number of carbonyl (C=O) groups excluding carboxylic acids is 2. The van der Waals surface area contributed by atoms with E-state index in [0.717, 1.165) is 22.3 Å². The predicted molar refractivity (Wildman–Crippen MR) is 133 cm³/mol. The third kappa shape index (κ3) is 4.29. The van der Waals surface area contributed by atoms with Crippen molar-refractivity contribution >= 4 is 17.7 Å². The highest BCUT2D eigenvalue weighted by Gasteiger charge is 2.56. The SMILES string of the molecule is C#CCNC(=O)CN1Cc2ccccc2[C@@H]2OC(c3ccccc3)=N[C@]2(Cc2ccccc2)C1=O. The molecular weight excluding hydrogens is 438 g/mol. The first kappa shape index (κ1) is 22.4. The van der Waals surface area contributed by atoms with Crippen molar-refractivity contribution in [3.63, 3.8) is 0 Å². The molecule has 2 aliphatic rings. The van der Waals surface area contributed by atoms with Crippen molar-refractivity contribution in [3.8, 4) is 12.3 Å².